The molecule has 3 heterocycles. The Bertz CT molecular complexity index is 1240. The van der Waals surface area contributed by atoms with E-state index in [0.29, 0.717) is 36.1 Å². The number of carbonyl (C=O) groups is 1. The maximum atomic E-state index is 14.1. The van der Waals surface area contributed by atoms with Crippen molar-refractivity contribution in [2.75, 3.05) is 11.4 Å². The van der Waals surface area contributed by atoms with Crippen LogP contribution in [0, 0.1) is 0 Å². The van der Waals surface area contributed by atoms with Crippen molar-refractivity contribution in [2.24, 2.45) is 7.05 Å². The Morgan fingerprint density at radius 2 is 2.03 bits per heavy atom. The first-order valence-corrected chi connectivity index (χ1v) is 10.9. The number of benzene rings is 1. The predicted molar refractivity (Wildman–Crippen MR) is 120 cm³/mol. The number of Topliss-reactive ketones (excluding diaryl/α,β-unsaturated/α-hetero) is 1. The zero-order valence-electron chi connectivity index (χ0n) is 18.1. The minimum absolute atomic E-state index is 0.000449. The number of nitrogens with zero attached hydrogens (tertiary/aromatic N) is 4. The number of halogens is 2. The van der Waals surface area contributed by atoms with Crippen LogP contribution < -0.4 is 4.90 Å². The Balaban J connectivity index is 1.59. The Morgan fingerprint density at radius 1 is 1.19 bits per heavy atom. The molecule has 5 rings (SSSR count). The van der Waals surface area contributed by atoms with E-state index in [-0.39, 0.29) is 11.3 Å². The molecule has 0 unspecified atom stereocenters. The maximum Gasteiger partial charge on any atom is 0.264 e. The standard InChI is InChI=1S/C25H24F2N4O/c1-3-24(32)18-6-7-22-20(18)10-17(13-28-22)31-8-4-5-15-9-19(16-12-29-30(2)14-16)21(25(26)27)11-23(15)31/h6,9-14,25H,3-5,7-8H2,1-2H3. The zero-order valence-corrected chi connectivity index (χ0v) is 18.1. The van der Waals surface area contributed by atoms with Gasteiger partial charge in [-0.1, -0.05) is 13.0 Å². The number of hydrogen-bond acceptors (Lipinski definition) is 4. The van der Waals surface area contributed by atoms with Gasteiger partial charge in [0.05, 0.1) is 23.8 Å². The lowest BCUT2D eigenvalue weighted by Crippen LogP contribution is -2.25. The molecular formula is C25H24F2N4O. The van der Waals surface area contributed by atoms with Crippen molar-refractivity contribution in [3.63, 3.8) is 0 Å². The van der Waals surface area contributed by atoms with Gasteiger partial charge in [-0.25, -0.2) is 8.78 Å². The van der Waals surface area contributed by atoms with Gasteiger partial charge in [0.25, 0.3) is 6.43 Å². The molecule has 0 fully saturated rings. The monoisotopic (exact) mass is 434 g/mol. The number of rotatable bonds is 5. The molecule has 0 saturated carbocycles. The van der Waals surface area contributed by atoms with Crippen LogP contribution in [-0.4, -0.2) is 27.1 Å². The second kappa shape index (κ2) is 7.97. The Labute approximate surface area is 185 Å². The fraction of sp³-hybridized carbons (Fsp3) is 0.320. The number of aromatic nitrogens is 3. The van der Waals surface area contributed by atoms with Gasteiger partial charge < -0.3 is 4.90 Å². The third-order valence-corrected chi connectivity index (χ3v) is 6.30. The Kier molecular flexibility index (Phi) is 5.12. The highest BCUT2D eigenvalue weighted by Crippen LogP contribution is 2.42. The van der Waals surface area contributed by atoms with Gasteiger partial charge in [0.2, 0.25) is 0 Å². The molecular weight excluding hydrogens is 410 g/mol. The van der Waals surface area contributed by atoms with Gasteiger partial charge in [-0.15, -0.1) is 0 Å². The van der Waals surface area contributed by atoms with Crippen molar-refractivity contribution in [2.45, 2.75) is 39.0 Å². The van der Waals surface area contributed by atoms with Gasteiger partial charge in [0.1, 0.15) is 0 Å². The molecule has 164 valence electrons. The fourth-order valence-electron chi connectivity index (χ4n) is 4.70. The Hall–Kier alpha value is -3.35. The first kappa shape index (κ1) is 20.5. The number of aryl methyl sites for hydroxylation is 2. The van der Waals surface area contributed by atoms with Crippen molar-refractivity contribution in [3.05, 3.63) is 65.2 Å². The van der Waals surface area contributed by atoms with E-state index in [9.17, 15) is 13.6 Å². The van der Waals surface area contributed by atoms with E-state index in [4.69, 9.17) is 0 Å². The van der Waals surface area contributed by atoms with E-state index in [0.717, 1.165) is 41.0 Å². The SMILES string of the molecule is CCC(=O)C1=CCc2ncc(N3CCCc4cc(-c5cnn(C)c5)c(C(F)F)cc43)cc21. The van der Waals surface area contributed by atoms with Gasteiger partial charge >= 0.3 is 0 Å². The van der Waals surface area contributed by atoms with Crippen molar-refractivity contribution >= 4 is 22.7 Å². The number of anilines is 2. The van der Waals surface area contributed by atoms with Crippen molar-refractivity contribution in [1.29, 1.82) is 0 Å². The van der Waals surface area contributed by atoms with E-state index in [1.54, 1.807) is 36.4 Å². The van der Waals surface area contributed by atoms with Gasteiger partial charge in [0.15, 0.2) is 5.78 Å². The maximum absolute atomic E-state index is 14.1. The van der Waals surface area contributed by atoms with Crippen LogP contribution in [0.15, 0.2) is 42.9 Å². The third-order valence-electron chi connectivity index (χ3n) is 6.30. The van der Waals surface area contributed by atoms with Crippen LogP contribution in [0.1, 0.15) is 48.6 Å². The average molecular weight is 434 g/mol. The molecule has 0 N–H and O–H groups in total. The molecule has 7 heteroatoms. The summed E-state index contributed by atoms with van der Waals surface area (Å²) >= 11 is 0. The first-order chi connectivity index (χ1) is 15.5. The first-order valence-electron chi connectivity index (χ1n) is 10.9. The highest BCUT2D eigenvalue weighted by atomic mass is 19.3. The summed E-state index contributed by atoms with van der Waals surface area (Å²) in [6.45, 7) is 2.56. The second-order valence-corrected chi connectivity index (χ2v) is 8.31. The number of hydrogen-bond donors (Lipinski definition) is 0. The third kappa shape index (κ3) is 3.42. The van der Waals surface area contributed by atoms with Crippen LogP contribution in [0.4, 0.5) is 20.2 Å². The summed E-state index contributed by atoms with van der Waals surface area (Å²) in [6, 6.07) is 5.48. The van der Waals surface area contributed by atoms with Crippen LogP contribution in [0.5, 0.6) is 0 Å². The lowest BCUT2D eigenvalue weighted by Gasteiger charge is -2.32. The molecule has 2 aliphatic rings. The zero-order chi connectivity index (χ0) is 22.4. The Morgan fingerprint density at radius 3 is 2.75 bits per heavy atom. The summed E-state index contributed by atoms with van der Waals surface area (Å²) < 4.78 is 29.8. The molecule has 0 amide bonds. The highest BCUT2D eigenvalue weighted by Gasteiger charge is 2.27. The van der Waals surface area contributed by atoms with Gasteiger partial charge in [-0.3, -0.25) is 14.5 Å². The van der Waals surface area contributed by atoms with Crippen molar-refractivity contribution in [1.82, 2.24) is 14.8 Å². The summed E-state index contributed by atoms with van der Waals surface area (Å²) in [4.78, 5) is 19.0. The number of allylic oxidation sites excluding steroid dienone is 2. The minimum atomic E-state index is -2.60. The number of ketones is 1. The van der Waals surface area contributed by atoms with Gasteiger partial charge in [-0.2, -0.15) is 5.10 Å². The van der Waals surface area contributed by atoms with E-state index in [2.05, 4.69) is 15.0 Å². The molecule has 0 atom stereocenters. The summed E-state index contributed by atoms with van der Waals surface area (Å²) in [7, 11) is 1.78. The van der Waals surface area contributed by atoms with Gasteiger partial charge in [-0.05, 0) is 42.2 Å². The topological polar surface area (TPSA) is 51.0 Å². The molecule has 1 aliphatic heterocycles. The van der Waals surface area contributed by atoms with E-state index in [1.807, 2.05) is 25.1 Å². The summed E-state index contributed by atoms with van der Waals surface area (Å²) in [5.74, 6) is 0.0999. The lowest BCUT2D eigenvalue weighted by molar-refractivity contribution is -0.113. The van der Waals surface area contributed by atoms with Gasteiger partial charge in [0, 0.05) is 60.6 Å². The normalized spacial score (nSPS) is 15.0. The molecule has 0 saturated heterocycles. The van der Waals surface area contributed by atoms with Crippen LogP contribution >= 0.6 is 0 Å². The molecule has 32 heavy (non-hydrogen) atoms. The lowest BCUT2D eigenvalue weighted by atomic mass is 9.92. The van der Waals surface area contributed by atoms with E-state index in [1.165, 1.54) is 0 Å². The summed E-state index contributed by atoms with van der Waals surface area (Å²) in [5.41, 5.74) is 6.33. The molecule has 3 aromatic rings. The molecule has 0 radical (unpaired) electrons. The van der Waals surface area contributed by atoms with Crippen LogP contribution in [0.3, 0.4) is 0 Å². The number of carbonyl (C=O) groups excluding carboxylic acids is 1. The smallest absolute Gasteiger partial charge is 0.264 e. The predicted octanol–water partition coefficient (Wildman–Crippen LogP) is 5.42. The average Bonchev–Trinajstić information content (AvgIpc) is 3.43. The molecule has 1 aromatic carbocycles. The molecule has 0 spiro atoms. The molecule has 2 aromatic heterocycles. The highest BCUT2D eigenvalue weighted by molar-refractivity contribution is 6.22. The second-order valence-electron chi connectivity index (χ2n) is 8.31. The summed E-state index contributed by atoms with van der Waals surface area (Å²) in [5, 5.41) is 4.15. The summed E-state index contributed by atoms with van der Waals surface area (Å²) in [6.07, 6.45) is 7.32. The quantitative estimate of drug-likeness (QED) is 0.538. The molecule has 0 bridgehead atoms. The van der Waals surface area contributed by atoms with Crippen LogP contribution in [-0.2, 0) is 24.7 Å². The fourth-order valence-corrected chi connectivity index (χ4v) is 4.70. The van der Waals surface area contributed by atoms with Crippen LogP contribution in [0.25, 0.3) is 16.7 Å². The number of fused-ring (bicyclic) bond motifs is 2. The molecule has 5 nitrogen and oxygen atoms in total. The van der Waals surface area contributed by atoms with Crippen molar-refractivity contribution in [3.8, 4) is 11.1 Å². The van der Waals surface area contributed by atoms with E-state index < -0.39 is 6.43 Å². The minimum Gasteiger partial charge on any atom is -0.340 e. The largest absolute Gasteiger partial charge is 0.340 e. The van der Waals surface area contributed by atoms with Crippen molar-refractivity contribution < 1.29 is 13.6 Å². The number of alkyl halides is 2. The van der Waals surface area contributed by atoms with E-state index >= 15 is 0 Å². The number of pyridine rings is 1. The van der Waals surface area contributed by atoms with Crippen LogP contribution in [0.2, 0.25) is 0 Å². The molecule has 1 aliphatic carbocycles.